The van der Waals surface area contributed by atoms with E-state index in [4.69, 9.17) is 5.11 Å². The maximum absolute atomic E-state index is 12.3. The number of hydrogen-bond donors (Lipinski definition) is 4. The average Bonchev–Trinajstić information content (AvgIpc) is 2.56. The topological polar surface area (TPSA) is 136 Å². The van der Waals surface area contributed by atoms with Crippen LogP contribution in [0, 0.1) is 0 Å². The summed E-state index contributed by atoms with van der Waals surface area (Å²) in [6.45, 7) is 0.458. The molecular formula is C16H19N3O6. The first-order valence-electron chi connectivity index (χ1n) is 7.62. The van der Waals surface area contributed by atoms with Crippen LogP contribution in [0.15, 0.2) is 24.3 Å². The van der Waals surface area contributed by atoms with E-state index in [2.05, 4.69) is 10.6 Å². The summed E-state index contributed by atoms with van der Waals surface area (Å²) in [6, 6.07) is 6.83. The summed E-state index contributed by atoms with van der Waals surface area (Å²) < 4.78 is 0. The van der Waals surface area contributed by atoms with Gasteiger partial charge in [0, 0.05) is 12.8 Å². The van der Waals surface area contributed by atoms with Crippen LogP contribution in [-0.4, -0.2) is 52.6 Å². The molecule has 0 radical (unpaired) electrons. The van der Waals surface area contributed by atoms with E-state index in [1.54, 1.807) is 24.3 Å². The highest BCUT2D eigenvalue weighted by Gasteiger charge is 2.30. The normalized spacial score (nSPS) is 15.6. The molecule has 1 aromatic carbocycles. The SMILES string of the molecule is CC(O)(CNC(=O)CCC(=O)N1CC(=O)Nc2ccccc21)C(=O)O. The Hall–Kier alpha value is -2.94. The number of rotatable bonds is 6. The van der Waals surface area contributed by atoms with E-state index >= 15 is 0 Å². The summed E-state index contributed by atoms with van der Waals surface area (Å²) in [7, 11) is 0. The quantitative estimate of drug-likeness (QED) is 0.557. The molecule has 4 N–H and O–H groups in total. The van der Waals surface area contributed by atoms with E-state index in [-0.39, 0.29) is 25.3 Å². The molecule has 3 amide bonds. The number of anilines is 2. The number of aliphatic hydroxyl groups is 1. The van der Waals surface area contributed by atoms with E-state index in [1.807, 2.05) is 0 Å². The zero-order chi connectivity index (χ0) is 18.6. The first-order chi connectivity index (χ1) is 11.7. The maximum Gasteiger partial charge on any atom is 0.337 e. The van der Waals surface area contributed by atoms with Crippen LogP contribution in [0.25, 0.3) is 0 Å². The van der Waals surface area contributed by atoms with Gasteiger partial charge in [-0.1, -0.05) is 12.1 Å². The summed E-state index contributed by atoms with van der Waals surface area (Å²) in [5, 5.41) is 23.2. The second-order valence-corrected chi connectivity index (χ2v) is 5.90. The van der Waals surface area contributed by atoms with Gasteiger partial charge in [-0.05, 0) is 19.1 Å². The van der Waals surface area contributed by atoms with Gasteiger partial charge >= 0.3 is 5.97 Å². The second-order valence-electron chi connectivity index (χ2n) is 5.90. The van der Waals surface area contributed by atoms with E-state index in [9.17, 15) is 24.3 Å². The number of aliphatic carboxylic acids is 1. The molecule has 1 aromatic rings. The number of fused-ring (bicyclic) bond motifs is 1. The first-order valence-corrected chi connectivity index (χ1v) is 7.62. The molecule has 0 bridgehead atoms. The van der Waals surface area contributed by atoms with Crippen LogP contribution in [0.1, 0.15) is 19.8 Å². The molecule has 1 unspecified atom stereocenters. The Kier molecular flexibility index (Phi) is 5.38. The molecule has 0 aromatic heterocycles. The summed E-state index contributed by atoms with van der Waals surface area (Å²) in [6.07, 6.45) is -0.336. The third-order valence-corrected chi connectivity index (χ3v) is 3.73. The van der Waals surface area contributed by atoms with Gasteiger partial charge in [-0.15, -0.1) is 0 Å². The fourth-order valence-electron chi connectivity index (χ4n) is 2.25. The largest absolute Gasteiger partial charge is 0.479 e. The van der Waals surface area contributed by atoms with Crippen molar-refractivity contribution in [2.24, 2.45) is 0 Å². The number of carboxylic acids is 1. The van der Waals surface area contributed by atoms with Gasteiger partial charge in [0.15, 0.2) is 5.60 Å². The number of carbonyl (C=O) groups excluding carboxylic acids is 3. The van der Waals surface area contributed by atoms with Crippen molar-refractivity contribution in [3.8, 4) is 0 Å². The highest BCUT2D eigenvalue weighted by molar-refractivity contribution is 6.10. The lowest BCUT2D eigenvalue weighted by Crippen LogP contribution is -2.47. The number of nitrogens with zero attached hydrogens (tertiary/aromatic N) is 1. The zero-order valence-electron chi connectivity index (χ0n) is 13.6. The number of carbonyl (C=O) groups is 4. The molecule has 1 heterocycles. The van der Waals surface area contributed by atoms with E-state index in [1.165, 1.54) is 4.90 Å². The number of amides is 3. The Morgan fingerprint density at radius 1 is 1.28 bits per heavy atom. The number of carboxylic acid groups (broad SMARTS) is 1. The number of hydrogen-bond acceptors (Lipinski definition) is 5. The number of nitrogens with one attached hydrogen (secondary N) is 2. The molecule has 0 saturated carbocycles. The third kappa shape index (κ3) is 4.54. The zero-order valence-corrected chi connectivity index (χ0v) is 13.6. The van der Waals surface area contributed by atoms with Crippen LogP contribution < -0.4 is 15.5 Å². The minimum atomic E-state index is -2.08. The van der Waals surface area contributed by atoms with E-state index < -0.39 is 29.9 Å². The first kappa shape index (κ1) is 18.4. The summed E-state index contributed by atoms with van der Waals surface area (Å²) >= 11 is 0. The molecule has 0 saturated heterocycles. The van der Waals surface area contributed by atoms with Crippen molar-refractivity contribution >= 4 is 35.1 Å². The predicted molar refractivity (Wildman–Crippen MR) is 87.9 cm³/mol. The molecule has 0 aliphatic carbocycles. The fourth-order valence-corrected chi connectivity index (χ4v) is 2.25. The van der Waals surface area contributed by atoms with Gasteiger partial charge in [0.05, 0.1) is 17.9 Å². The number of benzene rings is 1. The van der Waals surface area contributed by atoms with Crippen molar-refractivity contribution in [3.63, 3.8) is 0 Å². The minimum Gasteiger partial charge on any atom is -0.479 e. The summed E-state index contributed by atoms with van der Waals surface area (Å²) in [5.74, 6) is -2.75. The van der Waals surface area contributed by atoms with Gasteiger partial charge in [0.25, 0.3) is 0 Å². The van der Waals surface area contributed by atoms with E-state index in [0.717, 1.165) is 6.92 Å². The van der Waals surface area contributed by atoms with Gasteiger partial charge in [-0.2, -0.15) is 0 Å². The van der Waals surface area contributed by atoms with Crippen molar-refractivity contribution in [1.82, 2.24) is 5.32 Å². The minimum absolute atomic E-state index is 0.134. The molecule has 1 aliphatic rings. The smallest absolute Gasteiger partial charge is 0.337 e. The monoisotopic (exact) mass is 349 g/mol. The molecule has 1 atom stereocenters. The van der Waals surface area contributed by atoms with Gasteiger partial charge in [-0.25, -0.2) is 4.79 Å². The molecule has 134 valence electrons. The molecular weight excluding hydrogens is 330 g/mol. The highest BCUT2D eigenvalue weighted by atomic mass is 16.4. The van der Waals surface area contributed by atoms with Gasteiger partial charge in [0.2, 0.25) is 17.7 Å². The van der Waals surface area contributed by atoms with Crippen LogP contribution in [-0.2, 0) is 19.2 Å². The lowest BCUT2D eigenvalue weighted by atomic mass is 10.1. The lowest BCUT2D eigenvalue weighted by molar-refractivity contribution is -0.156. The highest BCUT2D eigenvalue weighted by Crippen LogP contribution is 2.29. The third-order valence-electron chi connectivity index (χ3n) is 3.73. The van der Waals surface area contributed by atoms with Crippen LogP contribution in [0.2, 0.25) is 0 Å². The van der Waals surface area contributed by atoms with Crippen LogP contribution in [0.4, 0.5) is 11.4 Å². The standard InChI is InChI=1S/C16H19N3O6/c1-16(25,15(23)24)9-17-12(20)6-7-14(22)19-8-13(21)18-10-4-2-3-5-11(10)19/h2-5,25H,6-9H2,1H3,(H,17,20)(H,18,21)(H,23,24). The van der Waals surface area contributed by atoms with Crippen molar-refractivity contribution < 1.29 is 29.4 Å². The Morgan fingerprint density at radius 2 is 1.96 bits per heavy atom. The molecule has 9 heteroatoms. The van der Waals surface area contributed by atoms with Crippen molar-refractivity contribution in [1.29, 1.82) is 0 Å². The van der Waals surface area contributed by atoms with Crippen LogP contribution in [0.3, 0.4) is 0 Å². The molecule has 1 aliphatic heterocycles. The molecule has 9 nitrogen and oxygen atoms in total. The van der Waals surface area contributed by atoms with Crippen molar-refractivity contribution in [2.45, 2.75) is 25.4 Å². The fraction of sp³-hybridized carbons (Fsp3) is 0.375. The molecule has 0 fully saturated rings. The van der Waals surface area contributed by atoms with Crippen molar-refractivity contribution in [2.75, 3.05) is 23.3 Å². The van der Waals surface area contributed by atoms with Gasteiger partial charge in [0.1, 0.15) is 6.54 Å². The van der Waals surface area contributed by atoms with Crippen molar-refractivity contribution in [3.05, 3.63) is 24.3 Å². The second kappa shape index (κ2) is 7.31. The van der Waals surface area contributed by atoms with Crippen LogP contribution in [0.5, 0.6) is 0 Å². The summed E-state index contributed by atoms with van der Waals surface area (Å²) in [5.41, 5.74) is -1.00. The summed E-state index contributed by atoms with van der Waals surface area (Å²) in [4.78, 5) is 47.8. The van der Waals surface area contributed by atoms with Crippen LogP contribution >= 0.6 is 0 Å². The average molecular weight is 349 g/mol. The maximum atomic E-state index is 12.3. The Morgan fingerprint density at radius 3 is 2.64 bits per heavy atom. The molecule has 2 rings (SSSR count). The predicted octanol–water partition coefficient (Wildman–Crippen LogP) is -0.296. The number of para-hydroxylation sites is 2. The molecule has 25 heavy (non-hydrogen) atoms. The lowest BCUT2D eigenvalue weighted by Gasteiger charge is -2.29. The Bertz CT molecular complexity index is 716. The van der Waals surface area contributed by atoms with Gasteiger partial charge < -0.3 is 25.7 Å². The van der Waals surface area contributed by atoms with E-state index in [0.29, 0.717) is 11.4 Å². The van der Waals surface area contributed by atoms with Gasteiger partial charge in [-0.3, -0.25) is 14.4 Å². The Labute approximate surface area is 143 Å². The molecule has 0 spiro atoms. The Balaban J connectivity index is 1.91.